The fourth-order valence-corrected chi connectivity index (χ4v) is 2.45. The first-order valence-corrected chi connectivity index (χ1v) is 6.85. The number of hydrogen-bond donors (Lipinski definition) is 1. The number of amides is 1. The van der Waals surface area contributed by atoms with E-state index in [1.165, 1.54) is 6.26 Å². The standard InChI is InChI=1S/C17H16N2O2/c1-2-19(15-9-5-4-8-14(15)18)17(20)13-11-21-16-10-6-3-7-12(13)16/h3-11H,2,18H2,1H3. The van der Waals surface area contributed by atoms with E-state index in [0.717, 1.165) is 11.1 Å². The molecule has 106 valence electrons. The van der Waals surface area contributed by atoms with Gasteiger partial charge in [-0.05, 0) is 25.1 Å². The van der Waals surface area contributed by atoms with Crippen molar-refractivity contribution in [2.24, 2.45) is 0 Å². The zero-order valence-electron chi connectivity index (χ0n) is 11.7. The van der Waals surface area contributed by atoms with Crippen LogP contribution in [0.15, 0.2) is 59.2 Å². The molecular formula is C17H16N2O2. The zero-order chi connectivity index (χ0) is 14.8. The second-order valence-electron chi connectivity index (χ2n) is 4.75. The maximum absolute atomic E-state index is 12.8. The number of rotatable bonds is 3. The molecule has 0 aliphatic rings. The molecule has 4 heteroatoms. The number of nitrogen functional groups attached to an aromatic ring is 1. The van der Waals surface area contributed by atoms with E-state index in [2.05, 4.69) is 0 Å². The van der Waals surface area contributed by atoms with E-state index in [-0.39, 0.29) is 5.91 Å². The lowest BCUT2D eigenvalue weighted by Crippen LogP contribution is -2.31. The van der Waals surface area contributed by atoms with Crippen LogP contribution >= 0.6 is 0 Å². The van der Waals surface area contributed by atoms with E-state index >= 15 is 0 Å². The summed E-state index contributed by atoms with van der Waals surface area (Å²) in [6.07, 6.45) is 1.51. The number of nitrogens with two attached hydrogens (primary N) is 1. The monoisotopic (exact) mass is 280 g/mol. The second-order valence-corrected chi connectivity index (χ2v) is 4.75. The molecule has 0 aliphatic carbocycles. The van der Waals surface area contributed by atoms with Crippen LogP contribution < -0.4 is 10.6 Å². The number of anilines is 2. The van der Waals surface area contributed by atoms with Crippen molar-refractivity contribution in [1.29, 1.82) is 0 Å². The summed E-state index contributed by atoms with van der Waals surface area (Å²) in [7, 11) is 0. The molecule has 2 aromatic carbocycles. The first-order chi connectivity index (χ1) is 10.2. The topological polar surface area (TPSA) is 59.5 Å². The normalized spacial score (nSPS) is 10.7. The SMILES string of the molecule is CCN(C(=O)c1coc2ccccc12)c1ccccc1N. The molecule has 3 aromatic rings. The second kappa shape index (κ2) is 5.32. The highest BCUT2D eigenvalue weighted by Crippen LogP contribution is 2.27. The molecule has 0 saturated heterocycles. The molecule has 0 aliphatic heterocycles. The Morgan fingerprint density at radius 1 is 1.14 bits per heavy atom. The third-order valence-corrected chi connectivity index (χ3v) is 3.50. The van der Waals surface area contributed by atoms with Gasteiger partial charge < -0.3 is 15.1 Å². The molecule has 1 heterocycles. The Bertz CT molecular complexity index is 792. The molecule has 2 N–H and O–H groups in total. The Hall–Kier alpha value is -2.75. The summed E-state index contributed by atoms with van der Waals surface area (Å²) < 4.78 is 5.45. The summed E-state index contributed by atoms with van der Waals surface area (Å²) in [6.45, 7) is 2.46. The van der Waals surface area contributed by atoms with Crippen LogP contribution in [0.1, 0.15) is 17.3 Å². The maximum Gasteiger partial charge on any atom is 0.262 e. The van der Waals surface area contributed by atoms with Crippen LogP contribution in [0.3, 0.4) is 0 Å². The van der Waals surface area contributed by atoms with Gasteiger partial charge in [-0.1, -0.05) is 30.3 Å². The van der Waals surface area contributed by atoms with Gasteiger partial charge in [0.05, 0.1) is 16.9 Å². The highest BCUT2D eigenvalue weighted by Gasteiger charge is 2.21. The molecule has 0 atom stereocenters. The van der Waals surface area contributed by atoms with Crippen molar-refractivity contribution in [3.05, 3.63) is 60.4 Å². The first kappa shape index (κ1) is 13.2. The van der Waals surface area contributed by atoms with Crippen molar-refractivity contribution in [2.45, 2.75) is 6.92 Å². The van der Waals surface area contributed by atoms with Crippen molar-refractivity contribution < 1.29 is 9.21 Å². The lowest BCUT2D eigenvalue weighted by Gasteiger charge is -2.22. The van der Waals surface area contributed by atoms with E-state index in [0.29, 0.717) is 23.4 Å². The number of carbonyl (C=O) groups excluding carboxylic acids is 1. The summed E-state index contributed by atoms with van der Waals surface area (Å²) in [5, 5.41) is 0.815. The molecule has 1 amide bonds. The minimum atomic E-state index is -0.111. The van der Waals surface area contributed by atoms with Gasteiger partial charge in [0.15, 0.2) is 0 Å². The van der Waals surface area contributed by atoms with Gasteiger partial charge in [-0.25, -0.2) is 0 Å². The highest BCUT2D eigenvalue weighted by molar-refractivity contribution is 6.14. The Morgan fingerprint density at radius 3 is 2.62 bits per heavy atom. The van der Waals surface area contributed by atoms with Gasteiger partial charge in [0.1, 0.15) is 11.8 Å². The fraction of sp³-hybridized carbons (Fsp3) is 0.118. The van der Waals surface area contributed by atoms with E-state index in [1.54, 1.807) is 11.0 Å². The van der Waals surface area contributed by atoms with E-state index < -0.39 is 0 Å². The predicted molar refractivity (Wildman–Crippen MR) is 84.4 cm³/mol. The van der Waals surface area contributed by atoms with Gasteiger partial charge in [-0.3, -0.25) is 4.79 Å². The molecular weight excluding hydrogens is 264 g/mol. The van der Waals surface area contributed by atoms with Gasteiger partial charge in [-0.2, -0.15) is 0 Å². The average molecular weight is 280 g/mol. The van der Waals surface area contributed by atoms with Crippen molar-refractivity contribution >= 4 is 28.3 Å². The third kappa shape index (κ3) is 2.25. The van der Waals surface area contributed by atoms with Crippen molar-refractivity contribution in [3.8, 4) is 0 Å². The Morgan fingerprint density at radius 2 is 1.86 bits per heavy atom. The van der Waals surface area contributed by atoms with Crippen molar-refractivity contribution in [1.82, 2.24) is 0 Å². The van der Waals surface area contributed by atoms with Gasteiger partial charge in [0.25, 0.3) is 5.91 Å². The first-order valence-electron chi connectivity index (χ1n) is 6.85. The van der Waals surface area contributed by atoms with Crippen LogP contribution in [-0.4, -0.2) is 12.5 Å². The Labute approximate surface area is 122 Å². The average Bonchev–Trinajstić information content (AvgIpc) is 2.93. The van der Waals surface area contributed by atoms with E-state index in [4.69, 9.17) is 10.2 Å². The number of nitrogens with zero attached hydrogens (tertiary/aromatic N) is 1. The molecule has 0 radical (unpaired) electrons. The van der Waals surface area contributed by atoms with Gasteiger partial charge in [0, 0.05) is 11.9 Å². The smallest absolute Gasteiger partial charge is 0.262 e. The summed E-state index contributed by atoms with van der Waals surface area (Å²) >= 11 is 0. The van der Waals surface area contributed by atoms with E-state index in [1.807, 2.05) is 49.4 Å². The molecule has 0 bridgehead atoms. The van der Waals surface area contributed by atoms with E-state index in [9.17, 15) is 4.79 Å². The summed E-state index contributed by atoms with van der Waals surface area (Å²) in [5.74, 6) is -0.111. The van der Waals surface area contributed by atoms with Gasteiger partial charge >= 0.3 is 0 Å². The molecule has 0 saturated carbocycles. The maximum atomic E-state index is 12.8. The van der Waals surface area contributed by atoms with Crippen molar-refractivity contribution in [2.75, 3.05) is 17.2 Å². The highest BCUT2D eigenvalue weighted by atomic mass is 16.3. The molecule has 0 spiro atoms. The van der Waals surface area contributed by atoms with Crippen LogP contribution in [0.5, 0.6) is 0 Å². The summed E-state index contributed by atoms with van der Waals surface area (Å²) in [4.78, 5) is 14.5. The quantitative estimate of drug-likeness (QED) is 0.744. The molecule has 0 unspecified atom stereocenters. The fourth-order valence-electron chi connectivity index (χ4n) is 2.45. The van der Waals surface area contributed by atoms with Crippen molar-refractivity contribution in [3.63, 3.8) is 0 Å². The number of carbonyl (C=O) groups is 1. The third-order valence-electron chi connectivity index (χ3n) is 3.50. The van der Waals surface area contributed by atoms with Crippen LogP contribution in [0.2, 0.25) is 0 Å². The summed E-state index contributed by atoms with van der Waals surface area (Å²) in [6, 6.07) is 14.9. The van der Waals surface area contributed by atoms with Crippen LogP contribution in [0, 0.1) is 0 Å². The van der Waals surface area contributed by atoms with Gasteiger partial charge in [0.2, 0.25) is 0 Å². The molecule has 0 fully saturated rings. The van der Waals surface area contributed by atoms with Gasteiger partial charge in [-0.15, -0.1) is 0 Å². The number of fused-ring (bicyclic) bond motifs is 1. The molecule has 4 nitrogen and oxygen atoms in total. The largest absolute Gasteiger partial charge is 0.463 e. The molecule has 1 aromatic heterocycles. The van der Waals surface area contributed by atoms with Crippen LogP contribution in [0.25, 0.3) is 11.0 Å². The zero-order valence-corrected chi connectivity index (χ0v) is 11.7. The lowest BCUT2D eigenvalue weighted by molar-refractivity contribution is 0.0989. The predicted octanol–water partition coefficient (Wildman–Crippen LogP) is 3.68. The number of benzene rings is 2. The van der Waals surface area contributed by atoms with Crippen LogP contribution in [-0.2, 0) is 0 Å². The minimum absolute atomic E-state index is 0.111. The number of hydrogen-bond acceptors (Lipinski definition) is 3. The molecule has 21 heavy (non-hydrogen) atoms. The number of furan rings is 1. The Balaban J connectivity index is 2.06. The Kier molecular flexibility index (Phi) is 3.36. The lowest BCUT2D eigenvalue weighted by atomic mass is 10.1. The molecule has 3 rings (SSSR count). The minimum Gasteiger partial charge on any atom is -0.463 e. The summed E-state index contributed by atoms with van der Waals surface area (Å²) in [5.41, 5.74) is 8.54. The van der Waals surface area contributed by atoms with Crippen LogP contribution in [0.4, 0.5) is 11.4 Å². The number of para-hydroxylation sites is 3.